The molecule has 0 radical (unpaired) electrons. The predicted molar refractivity (Wildman–Crippen MR) is 79.0 cm³/mol. The second-order valence-electron chi connectivity index (χ2n) is 4.79. The first kappa shape index (κ1) is 16.0. The predicted octanol–water partition coefficient (Wildman–Crippen LogP) is 1.54. The van der Waals surface area contributed by atoms with Gasteiger partial charge in [-0.1, -0.05) is 15.9 Å². The maximum absolute atomic E-state index is 12.3. The first-order chi connectivity index (χ1) is 9.81. The number of hydrogen-bond donors (Lipinski definition) is 1. The molecule has 0 aromatic heterocycles. The molecule has 0 unspecified atom stereocenters. The van der Waals surface area contributed by atoms with E-state index < -0.39 is 27.5 Å². The molecule has 1 fully saturated rings. The summed E-state index contributed by atoms with van der Waals surface area (Å²) in [7, 11) is -4.00. The third-order valence-corrected chi connectivity index (χ3v) is 5.41. The molecule has 0 bridgehead atoms. The Bertz CT molecular complexity index is 680. The van der Waals surface area contributed by atoms with E-state index in [2.05, 4.69) is 15.9 Å². The number of carboxylic acid groups (broad SMARTS) is 1. The normalized spacial score (nSPS) is 15.2. The van der Waals surface area contributed by atoms with Crippen molar-refractivity contribution in [2.75, 3.05) is 18.8 Å². The topological polar surface area (TPSA) is 91.7 Å². The summed E-state index contributed by atoms with van der Waals surface area (Å²) in [5.74, 6) is -2.53. The van der Waals surface area contributed by atoms with Crippen LogP contribution in [0.5, 0.6) is 0 Å². The van der Waals surface area contributed by atoms with Gasteiger partial charge < -0.3 is 10.0 Å². The van der Waals surface area contributed by atoms with Gasteiger partial charge in [0.05, 0.1) is 10.5 Å². The van der Waals surface area contributed by atoms with Crippen LogP contribution in [0.1, 0.15) is 23.2 Å². The maximum Gasteiger partial charge on any atom is 0.337 e. The van der Waals surface area contributed by atoms with E-state index in [1.165, 1.54) is 23.1 Å². The number of carbonyl (C=O) groups excluding carboxylic acids is 1. The first-order valence-electron chi connectivity index (χ1n) is 6.34. The fraction of sp³-hybridized carbons (Fsp3) is 0.385. The summed E-state index contributed by atoms with van der Waals surface area (Å²) in [5, 5.41) is 9.09. The molecule has 1 heterocycles. The van der Waals surface area contributed by atoms with Crippen molar-refractivity contribution in [1.29, 1.82) is 0 Å². The third-order valence-electron chi connectivity index (χ3n) is 3.28. The Morgan fingerprint density at radius 3 is 2.43 bits per heavy atom. The molecule has 114 valence electrons. The van der Waals surface area contributed by atoms with Gasteiger partial charge in [0.15, 0.2) is 9.84 Å². The molecule has 2 rings (SSSR count). The number of rotatable bonds is 4. The highest BCUT2D eigenvalue weighted by molar-refractivity contribution is 9.10. The van der Waals surface area contributed by atoms with Crippen LogP contribution in [-0.2, 0) is 14.6 Å². The molecule has 0 spiro atoms. The zero-order valence-corrected chi connectivity index (χ0v) is 13.5. The van der Waals surface area contributed by atoms with Crippen molar-refractivity contribution < 1.29 is 23.1 Å². The molecular weight excluding hydrogens is 362 g/mol. The Hall–Kier alpha value is -1.41. The van der Waals surface area contributed by atoms with Crippen molar-refractivity contribution in [3.05, 3.63) is 28.2 Å². The molecule has 8 heteroatoms. The Balaban J connectivity index is 2.33. The lowest BCUT2D eigenvalue weighted by Gasteiger charge is -2.15. The van der Waals surface area contributed by atoms with E-state index in [0.29, 0.717) is 17.6 Å². The highest BCUT2D eigenvalue weighted by Crippen LogP contribution is 2.23. The van der Waals surface area contributed by atoms with Gasteiger partial charge in [-0.2, -0.15) is 0 Å². The van der Waals surface area contributed by atoms with Gasteiger partial charge >= 0.3 is 5.97 Å². The van der Waals surface area contributed by atoms with Gasteiger partial charge in [-0.3, -0.25) is 4.79 Å². The quantitative estimate of drug-likeness (QED) is 0.861. The van der Waals surface area contributed by atoms with Crippen molar-refractivity contribution in [2.24, 2.45) is 0 Å². The molecule has 0 atom stereocenters. The number of hydrogen-bond acceptors (Lipinski definition) is 4. The minimum atomic E-state index is -4.00. The average molecular weight is 376 g/mol. The summed E-state index contributed by atoms with van der Waals surface area (Å²) in [4.78, 5) is 24.3. The SMILES string of the molecule is O=C(O)c1ccc(Br)cc1S(=O)(=O)CC(=O)N1CCCC1. The fourth-order valence-corrected chi connectivity index (χ4v) is 4.20. The second kappa shape index (κ2) is 6.15. The number of sulfone groups is 1. The van der Waals surface area contributed by atoms with E-state index in [0.717, 1.165) is 12.8 Å². The number of carboxylic acids is 1. The van der Waals surface area contributed by atoms with Crippen molar-refractivity contribution >= 4 is 37.6 Å². The largest absolute Gasteiger partial charge is 0.478 e. The summed E-state index contributed by atoms with van der Waals surface area (Å²) in [6, 6.07) is 3.88. The number of carbonyl (C=O) groups is 2. The van der Waals surface area contributed by atoms with Gasteiger partial charge in [-0.05, 0) is 31.0 Å². The Kier molecular flexibility index (Phi) is 4.67. The van der Waals surface area contributed by atoms with Gasteiger partial charge in [0.1, 0.15) is 5.75 Å². The number of amides is 1. The highest BCUT2D eigenvalue weighted by atomic mass is 79.9. The van der Waals surface area contributed by atoms with E-state index in [4.69, 9.17) is 5.11 Å². The zero-order valence-electron chi connectivity index (χ0n) is 11.1. The maximum atomic E-state index is 12.3. The van der Waals surface area contributed by atoms with Gasteiger partial charge in [0, 0.05) is 17.6 Å². The van der Waals surface area contributed by atoms with Crippen LogP contribution < -0.4 is 0 Å². The number of likely N-dealkylation sites (tertiary alicyclic amines) is 1. The summed E-state index contributed by atoms with van der Waals surface area (Å²) < 4.78 is 25.1. The Labute approximate surface area is 130 Å². The van der Waals surface area contributed by atoms with Gasteiger partial charge in [0.25, 0.3) is 0 Å². The summed E-state index contributed by atoms with van der Waals surface area (Å²) in [5.41, 5.74) is -0.326. The van der Waals surface area contributed by atoms with Crippen LogP contribution in [0.4, 0.5) is 0 Å². The van der Waals surface area contributed by atoms with Gasteiger partial charge in [-0.25, -0.2) is 13.2 Å². The zero-order chi connectivity index (χ0) is 15.6. The molecule has 1 amide bonds. The molecule has 1 aliphatic rings. The van der Waals surface area contributed by atoms with Gasteiger partial charge in [-0.15, -0.1) is 0 Å². The standard InChI is InChI=1S/C13H14BrNO5S/c14-9-3-4-10(13(17)18)11(7-9)21(19,20)8-12(16)15-5-1-2-6-15/h3-4,7H,1-2,5-6,8H2,(H,17,18). The first-order valence-corrected chi connectivity index (χ1v) is 8.79. The van der Waals surface area contributed by atoms with E-state index in [1.807, 2.05) is 0 Å². The van der Waals surface area contributed by atoms with Crippen LogP contribution in [0.15, 0.2) is 27.6 Å². The minimum absolute atomic E-state index is 0.326. The molecule has 21 heavy (non-hydrogen) atoms. The molecule has 1 aromatic rings. The molecule has 1 saturated heterocycles. The lowest BCUT2D eigenvalue weighted by molar-refractivity contribution is -0.127. The Morgan fingerprint density at radius 2 is 1.86 bits per heavy atom. The van der Waals surface area contributed by atoms with Crippen molar-refractivity contribution in [3.8, 4) is 0 Å². The monoisotopic (exact) mass is 375 g/mol. The van der Waals surface area contributed by atoms with Gasteiger partial charge in [0.2, 0.25) is 5.91 Å². The third kappa shape index (κ3) is 3.62. The molecule has 0 saturated carbocycles. The number of nitrogens with zero attached hydrogens (tertiary/aromatic N) is 1. The Morgan fingerprint density at radius 1 is 1.24 bits per heavy atom. The van der Waals surface area contributed by atoms with Crippen molar-refractivity contribution in [3.63, 3.8) is 0 Å². The smallest absolute Gasteiger partial charge is 0.337 e. The fourth-order valence-electron chi connectivity index (χ4n) is 2.23. The molecule has 1 N–H and O–H groups in total. The van der Waals surface area contributed by atoms with Crippen LogP contribution in [0.25, 0.3) is 0 Å². The summed E-state index contributed by atoms with van der Waals surface area (Å²) in [6.45, 7) is 1.11. The van der Waals surface area contributed by atoms with Crippen molar-refractivity contribution in [2.45, 2.75) is 17.7 Å². The minimum Gasteiger partial charge on any atom is -0.478 e. The lowest BCUT2D eigenvalue weighted by Crippen LogP contribution is -2.33. The average Bonchev–Trinajstić information content (AvgIpc) is 2.91. The number of benzene rings is 1. The van der Waals surface area contributed by atoms with Crippen LogP contribution in [0.2, 0.25) is 0 Å². The van der Waals surface area contributed by atoms with Crippen molar-refractivity contribution in [1.82, 2.24) is 4.90 Å². The van der Waals surface area contributed by atoms with Crippen LogP contribution in [-0.4, -0.2) is 49.1 Å². The number of halogens is 1. The van der Waals surface area contributed by atoms with Crippen LogP contribution in [0.3, 0.4) is 0 Å². The highest BCUT2D eigenvalue weighted by Gasteiger charge is 2.28. The number of aromatic carboxylic acids is 1. The van der Waals surface area contributed by atoms with E-state index in [-0.39, 0.29) is 10.5 Å². The van der Waals surface area contributed by atoms with E-state index in [1.54, 1.807) is 0 Å². The van der Waals surface area contributed by atoms with Crippen LogP contribution >= 0.6 is 15.9 Å². The van der Waals surface area contributed by atoms with E-state index >= 15 is 0 Å². The molecule has 1 aromatic carbocycles. The lowest BCUT2D eigenvalue weighted by atomic mass is 10.2. The summed E-state index contributed by atoms with van der Waals surface area (Å²) >= 11 is 3.12. The van der Waals surface area contributed by atoms with Crippen LogP contribution in [0, 0.1) is 0 Å². The summed E-state index contributed by atoms with van der Waals surface area (Å²) in [6.07, 6.45) is 1.73. The molecule has 6 nitrogen and oxygen atoms in total. The molecule has 1 aliphatic heterocycles. The molecule has 0 aliphatic carbocycles. The molecular formula is C13H14BrNO5S. The van der Waals surface area contributed by atoms with E-state index in [9.17, 15) is 18.0 Å². The second-order valence-corrected chi connectivity index (χ2v) is 7.67.